The minimum absolute atomic E-state index is 0.0868. The zero-order chi connectivity index (χ0) is 15.0. The van der Waals surface area contributed by atoms with Crippen LogP contribution in [0.2, 0.25) is 0 Å². The predicted molar refractivity (Wildman–Crippen MR) is 81.6 cm³/mol. The fourth-order valence-electron chi connectivity index (χ4n) is 2.00. The van der Waals surface area contributed by atoms with Crippen LogP contribution in [0.3, 0.4) is 0 Å². The van der Waals surface area contributed by atoms with Gasteiger partial charge in [-0.15, -0.1) is 0 Å². The van der Waals surface area contributed by atoms with E-state index >= 15 is 0 Å². The molecule has 0 spiro atoms. The number of nitrogens with zero attached hydrogens (tertiary/aromatic N) is 1. The van der Waals surface area contributed by atoms with Gasteiger partial charge < -0.3 is 15.0 Å². The fourth-order valence-corrected chi connectivity index (χ4v) is 2.00. The summed E-state index contributed by atoms with van der Waals surface area (Å²) >= 11 is 0. The van der Waals surface area contributed by atoms with Gasteiger partial charge in [0.25, 0.3) is 5.91 Å². The molecule has 4 nitrogen and oxygen atoms in total. The number of methoxy groups -OCH3 is 1. The van der Waals surface area contributed by atoms with E-state index in [1.165, 1.54) is 0 Å². The van der Waals surface area contributed by atoms with Gasteiger partial charge in [-0.3, -0.25) is 4.79 Å². The Balaban J connectivity index is 2.45. The highest BCUT2D eigenvalue weighted by molar-refractivity contribution is 5.82. The molecular weight excluding hydrogens is 252 g/mol. The van der Waals surface area contributed by atoms with Crippen molar-refractivity contribution in [2.45, 2.75) is 32.4 Å². The normalized spacial score (nSPS) is 14.1. The molecule has 0 aromatic heterocycles. The zero-order valence-electron chi connectivity index (χ0n) is 12.9. The highest BCUT2D eigenvalue weighted by Crippen LogP contribution is 2.15. The Hall–Kier alpha value is -1.39. The number of hydrogen-bond donors (Lipinski definition) is 1. The molecule has 4 heteroatoms. The van der Waals surface area contributed by atoms with Crippen LogP contribution in [0.5, 0.6) is 0 Å². The number of benzene rings is 1. The molecule has 0 aliphatic carbocycles. The van der Waals surface area contributed by atoms with Gasteiger partial charge in [0.15, 0.2) is 6.10 Å². The van der Waals surface area contributed by atoms with Gasteiger partial charge >= 0.3 is 0 Å². The smallest absolute Gasteiger partial charge is 0.253 e. The van der Waals surface area contributed by atoms with Crippen LogP contribution in [-0.2, 0) is 9.53 Å². The van der Waals surface area contributed by atoms with Crippen LogP contribution in [0, 0.1) is 0 Å². The molecule has 0 fully saturated rings. The van der Waals surface area contributed by atoms with Crippen LogP contribution in [0.25, 0.3) is 0 Å². The molecule has 0 bridgehead atoms. The largest absolute Gasteiger partial charge is 0.367 e. The molecule has 2 atom stereocenters. The lowest BCUT2D eigenvalue weighted by molar-refractivity contribution is -0.131. The van der Waals surface area contributed by atoms with E-state index < -0.39 is 6.10 Å². The third-order valence-electron chi connectivity index (χ3n) is 3.68. The number of carbonyl (C=O) groups excluding carboxylic acids is 1. The van der Waals surface area contributed by atoms with Gasteiger partial charge in [-0.05, 0) is 26.0 Å². The molecule has 112 valence electrons. The average Bonchev–Trinajstić information content (AvgIpc) is 2.48. The van der Waals surface area contributed by atoms with Crippen molar-refractivity contribution in [2.75, 3.05) is 27.2 Å². The van der Waals surface area contributed by atoms with Gasteiger partial charge in [0.2, 0.25) is 0 Å². The Labute approximate surface area is 122 Å². The Bertz CT molecular complexity index is 395. The maximum atomic E-state index is 12.1. The minimum atomic E-state index is -0.537. The number of ether oxygens (including phenoxy) is 1. The lowest BCUT2D eigenvalue weighted by Gasteiger charge is -2.24. The molecule has 1 amide bonds. The van der Waals surface area contributed by atoms with Crippen LogP contribution in [0.1, 0.15) is 31.9 Å². The number of nitrogens with one attached hydrogen (secondary N) is 1. The topological polar surface area (TPSA) is 41.6 Å². The number of amides is 1. The molecule has 0 radical (unpaired) electrons. The second-order valence-electron chi connectivity index (χ2n) is 5.06. The summed E-state index contributed by atoms with van der Waals surface area (Å²) in [4.78, 5) is 14.4. The van der Waals surface area contributed by atoms with Crippen molar-refractivity contribution in [1.29, 1.82) is 0 Å². The van der Waals surface area contributed by atoms with Crippen molar-refractivity contribution in [3.05, 3.63) is 35.9 Å². The summed E-state index contributed by atoms with van der Waals surface area (Å²) < 4.78 is 5.30. The van der Waals surface area contributed by atoms with Crippen LogP contribution in [-0.4, -0.2) is 44.1 Å². The van der Waals surface area contributed by atoms with E-state index in [-0.39, 0.29) is 5.91 Å². The van der Waals surface area contributed by atoms with Gasteiger partial charge in [-0.2, -0.15) is 0 Å². The highest BCUT2D eigenvalue weighted by atomic mass is 16.5. The average molecular weight is 278 g/mol. The summed E-state index contributed by atoms with van der Waals surface area (Å²) in [5.41, 5.74) is 0.878. The Kier molecular flexibility index (Phi) is 7.26. The molecule has 0 heterocycles. The van der Waals surface area contributed by atoms with Gasteiger partial charge in [0, 0.05) is 26.2 Å². The van der Waals surface area contributed by atoms with Gasteiger partial charge in [0.05, 0.1) is 0 Å². The monoisotopic (exact) mass is 278 g/mol. The number of hydrogen-bond acceptors (Lipinski definition) is 3. The third-order valence-corrected chi connectivity index (χ3v) is 3.68. The molecule has 0 saturated carbocycles. The first-order chi connectivity index (χ1) is 9.60. The van der Waals surface area contributed by atoms with E-state index in [2.05, 4.69) is 31.1 Å². The maximum absolute atomic E-state index is 12.1. The first kappa shape index (κ1) is 16.7. The summed E-state index contributed by atoms with van der Waals surface area (Å²) in [5.74, 6) is -0.0868. The van der Waals surface area contributed by atoms with E-state index in [0.29, 0.717) is 12.6 Å². The summed E-state index contributed by atoms with van der Waals surface area (Å²) in [6, 6.07) is 10.1. The van der Waals surface area contributed by atoms with Crippen molar-refractivity contribution >= 4 is 5.91 Å². The number of rotatable bonds is 8. The molecule has 1 aromatic rings. The van der Waals surface area contributed by atoms with Crippen LogP contribution in [0.15, 0.2) is 30.3 Å². The molecule has 0 aliphatic heterocycles. The SMILES string of the molecule is CC[C@@H](C)N(C)CCNC(=O)[C@@H](OC)c1ccccc1. The predicted octanol–water partition coefficient (Wildman–Crippen LogP) is 2.22. The lowest BCUT2D eigenvalue weighted by atomic mass is 10.1. The zero-order valence-corrected chi connectivity index (χ0v) is 12.9. The molecule has 20 heavy (non-hydrogen) atoms. The molecular formula is C16H26N2O2. The number of likely N-dealkylation sites (N-methyl/N-ethyl adjacent to an activating group) is 1. The summed E-state index contributed by atoms with van der Waals surface area (Å²) in [6.45, 7) is 5.82. The van der Waals surface area contributed by atoms with Gasteiger partial charge in [-0.25, -0.2) is 0 Å². The molecule has 0 saturated heterocycles. The second kappa shape index (κ2) is 8.72. The first-order valence-electron chi connectivity index (χ1n) is 7.15. The molecule has 1 N–H and O–H groups in total. The van der Waals surface area contributed by atoms with E-state index in [9.17, 15) is 4.79 Å². The van der Waals surface area contributed by atoms with Crippen molar-refractivity contribution in [1.82, 2.24) is 10.2 Å². The fraction of sp³-hybridized carbons (Fsp3) is 0.562. The van der Waals surface area contributed by atoms with Crippen molar-refractivity contribution in [3.8, 4) is 0 Å². The number of carbonyl (C=O) groups is 1. The third kappa shape index (κ3) is 4.94. The van der Waals surface area contributed by atoms with Gasteiger partial charge in [0.1, 0.15) is 0 Å². The van der Waals surface area contributed by atoms with E-state index in [0.717, 1.165) is 18.5 Å². The van der Waals surface area contributed by atoms with E-state index in [1.54, 1.807) is 7.11 Å². The summed E-state index contributed by atoms with van der Waals surface area (Å²) in [6.07, 6.45) is 0.569. The van der Waals surface area contributed by atoms with Crippen molar-refractivity contribution in [3.63, 3.8) is 0 Å². The first-order valence-corrected chi connectivity index (χ1v) is 7.15. The molecule has 0 aliphatic rings. The molecule has 0 unspecified atom stereocenters. The minimum Gasteiger partial charge on any atom is -0.367 e. The van der Waals surface area contributed by atoms with Gasteiger partial charge in [-0.1, -0.05) is 37.3 Å². The van der Waals surface area contributed by atoms with Crippen LogP contribution in [0.4, 0.5) is 0 Å². The van der Waals surface area contributed by atoms with E-state index in [4.69, 9.17) is 4.74 Å². The Morgan fingerprint density at radius 2 is 2.00 bits per heavy atom. The Morgan fingerprint density at radius 3 is 2.55 bits per heavy atom. The maximum Gasteiger partial charge on any atom is 0.253 e. The molecule has 1 rings (SSSR count). The standard InChI is InChI=1S/C16H26N2O2/c1-5-13(2)18(3)12-11-17-16(19)15(20-4)14-9-7-6-8-10-14/h6-10,13,15H,5,11-12H2,1-4H3,(H,17,19)/t13-,15+/m1/s1. The van der Waals surface area contributed by atoms with Crippen molar-refractivity contribution in [2.24, 2.45) is 0 Å². The highest BCUT2D eigenvalue weighted by Gasteiger charge is 2.19. The lowest BCUT2D eigenvalue weighted by Crippen LogP contribution is -2.39. The quantitative estimate of drug-likeness (QED) is 0.793. The van der Waals surface area contributed by atoms with Crippen LogP contribution >= 0.6 is 0 Å². The van der Waals surface area contributed by atoms with Crippen LogP contribution < -0.4 is 5.32 Å². The Morgan fingerprint density at radius 1 is 1.35 bits per heavy atom. The van der Waals surface area contributed by atoms with Crippen molar-refractivity contribution < 1.29 is 9.53 Å². The summed E-state index contributed by atoms with van der Waals surface area (Å²) in [7, 11) is 3.63. The summed E-state index contributed by atoms with van der Waals surface area (Å²) in [5, 5.41) is 2.94. The molecule has 1 aromatic carbocycles. The second-order valence-corrected chi connectivity index (χ2v) is 5.06. The van der Waals surface area contributed by atoms with E-state index in [1.807, 2.05) is 30.3 Å².